The van der Waals surface area contributed by atoms with E-state index in [-0.39, 0.29) is 17.1 Å². The normalized spacial score (nSPS) is 17.7. The summed E-state index contributed by atoms with van der Waals surface area (Å²) >= 11 is 15.5. The van der Waals surface area contributed by atoms with Crippen LogP contribution in [0.4, 0.5) is 4.79 Å². The zero-order valence-corrected chi connectivity index (χ0v) is 21.8. The number of halogens is 2. The summed E-state index contributed by atoms with van der Waals surface area (Å²) in [5.41, 5.74) is 2.44. The van der Waals surface area contributed by atoms with Gasteiger partial charge in [-0.1, -0.05) is 84.9 Å². The molecule has 3 amide bonds. The van der Waals surface area contributed by atoms with E-state index in [1.807, 2.05) is 60.7 Å². The summed E-state index contributed by atoms with van der Waals surface area (Å²) in [5, 5.41) is 3.03. The average molecular weight is 542 g/mol. The summed E-state index contributed by atoms with van der Waals surface area (Å²) in [6.07, 6.45) is 0.383. The molecule has 9 heteroatoms. The number of carbonyl (C=O) groups is 3. The maximum Gasteiger partial charge on any atom is 0.281 e. The minimum atomic E-state index is -0.933. The monoisotopic (exact) mass is 541 g/mol. The summed E-state index contributed by atoms with van der Waals surface area (Å²) in [4.78, 5) is 39.4. The van der Waals surface area contributed by atoms with Crippen LogP contribution in [0.5, 0.6) is 0 Å². The van der Waals surface area contributed by atoms with Gasteiger partial charge in [0.25, 0.3) is 11.1 Å². The summed E-state index contributed by atoms with van der Waals surface area (Å²) in [7, 11) is 0. The Hall–Kier alpha value is -3.00. The molecule has 0 saturated carbocycles. The second-order valence-electron chi connectivity index (χ2n) is 8.32. The van der Waals surface area contributed by atoms with Gasteiger partial charge in [0.05, 0.1) is 0 Å². The lowest BCUT2D eigenvalue weighted by Crippen LogP contribution is -2.50. The standard InChI is InChI=1S/C17H13ClN2O2S.C10H12ClNO/c18-12-7-5-11(6-8-12)17-14-4-2-1-3-13(14)15(21)19(17)9-10-20(17)16(22)23;11-7-6-10(13)12-8-9-4-2-1-3-5-9/h1-8H,9-10H2,(H,22,23);1-5H,6-8H2,(H,12,13). The zero-order chi connectivity index (χ0) is 25.7. The fourth-order valence-corrected chi connectivity index (χ4v) is 5.22. The van der Waals surface area contributed by atoms with Gasteiger partial charge in [0.1, 0.15) is 0 Å². The lowest BCUT2D eigenvalue weighted by atomic mass is 9.90. The molecule has 2 aliphatic heterocycles. The van der Waals surface area contributed by atoms with Crippen molar-refractivity contribution in [3.8, 4) is 0 Å². The van der Waals surface area contributed by atoms with Crippen LogP contribution in [0.2, 0.25) is 5.02 Å². The molecule has 0 spiro atoms. The summed E-state index contributed by atoms with van der Waals surface area (Å²) in [6.45, 7) is 1.50. The number of amides is 3. The molecule has 0 aromatic heterocycles. The zero-order valence-electron chi connectivity index (χ0n) is 19.4. The molecule has 0 aliphatic carbocycles. The van der Waals surface area contributed by atoms with Crippen molar-refractivity contribution in [2.45, 2.75) is 18.6 Å². The molecule has 5 rings (SSSR count). The lowest BCUT2D eigenvalue weighted by molar-refractivity contribution is -0.120. The summed E-state index contributed by atoms with van der Waals surface area (Å²) in [6, 6.07) is 24.5. The fourth-order valence-electron chi connectivity index (χ4n) is 4.68. The molecular formula is C27H25Cl2N3O3S. The van der Waals surface area contributed by atoms with Gasteiger partial charge in [0.15, 0.2) is 5.66 Å². The van der Waals surface area contributed by atoms with E-state index in [1.54, 1.807) is 28.0 Å². The van der Waals surface area contributed by atoms with Gasteiger partial charge in [0, 0.05) is 53.6 Å². The Balaban J connectivity index is 0.000000200. The van der Waals surface area contributed by atoms with E-state index in [0.29, 0.717) is 42.5 Å². The van der Waals surface area contributed by atoms with Crippen LogP contribution in [-0.4, -0.2) is 45.8 Å². The molecule has 6 nitrogen and oxygen atoms in total. The van der Waals surface area contributed by atoms with Crippen LogP contribution in [0, 0.1) is 0 Å². The number of hydrogen-bond donors (Lipinski definition) is 2. The second-order valence-corrected chi connectivity index (χ2v) is 9.51. The smallest absolute Gasteiger partial charge is 0.281 e. The molecule has 3 aromatic rings. The summed E-state index contributed by atoms with van der Waals surface area (Å²) in [5.74, 6) is 0.312. The van der Waals surface area contributed by atoms with Crippen LogP contribution < -0.4 is 5.32 Å². The fraction of sp³-hybridized carbons (Fsp3) is 0.222. The van der Waals surface area contributed by atoms with E-state index >= 15 is 0 Å². The third-order valence-corrected chi connectivity index (χ3v) is 6.92. The Morgan fingerprint density at radius 1 is 0.944 bits per heavy atom. The number of benzene rings is 3. The maximum atomic E-state index is 12.8. The van der Waals surface area contributed by atoms with E-state index in [9.17, 15) is 14.4 Å². The highest BCUT2D eigenvalue weighted by atomic mass is 35.5. The van der Waals surface area contributed by atoms with E-state index in [0.717, 1.165) is 16.7 Å². The third kappa shape index (κ3) is 4.96. The largest absolute Gasteiger partial charge is 0.352 e. The van der Waals surface area contributed by atoms with Crippen LogP contribution in [-0.2, 0) is 17.0 Å². The molecule has 3 aromatic carbocycles. The highest BCUT2D eigenvalue weighted by Gasteiger charge is 2.59. The van der Waals surface area contributed by atoms with Crippen LogP contribution in [0.15, 0.2) is 78.9 Å². The Kier molecular flexibility index (Phi) is 8.24. The Labute approximate surface area is 225 Å². The predicted molar refractivity (Wildman–Crippen MR) is 144 cm³/mol. The first-order chi connectivity index (χ1) is 17.4. The van der Waals surface area contributed by atoms with Gasteiger partial charge in [-0.05, 0) is 23.8 Å². The molecule has 1 saturated heterocycles. The highest BCUT2D eigenvalue weighted by Crippen LogP contribution is 2.50. The molecule has 186 valence electrons. The quantitative estimate of drug-likeness (QED) is 0.340. The van der Waals surface area contributed by atoms with E-state index < -0.39 is 5.66 Å². The van der Waals surface area contributed by atoms with Crippen molar-refractivity contribution in [2.75, 3.05) is 19.0 Å². The van der Waals surface area contributed by atoms with Gasteiger partial charge in [0.2, 0.25) is 5.91 Å². The predicted octanol–water partition coefficient (Wildman–Crippen LogP) is 5.29. The van der Waals surface area contributed by atoms with Gasteiger partial charge in [-0.25, -0.2) is 0 Å². The van der Waals surface area contributed by atoms with Crippen molar-refractivity contribution in [3.05, 3.63) is 106 Å². The number of rotatable bonds is 5. The van der Waals surface area contributed by atoms with Crippen molar-refractivity contribution in [1.29, 1.82) is 0 Å². The number of fused-ring (bicyclic) bond motifs is 3. The maximum absolute atomic E-state index is 12.8. The lowest BCUT2D eigenvalue weighted by Gasteiger charge is -2.39. The topological polar surface area (TPSA) is 69.7 Å². The molecule has 1 unspecified atom stereocenters. The summed E-state index contributed by atoms with van der Waals surface area (Å²) < 4.78 is 0. The Morgan fingerprint density at radius 3 is 2.28 bits per heavy atom. The van der Waals surface area contributed by atoms with Crippen LogP contribution in [0.3, 0.4) is 0 Å². The number of nitrogens with one attached hydrogen (secondary N) is 1. The van der Waals surface area contributed by atoms with Crippen LogP contribution >= 0.6 is 35.8 Å². The Bertz CT molecular complexity index is 1250. The first-order valence-electron chi connectivity index (χ1n) is 11.4. The third-order valence-electron chi connectivity index (χ3n) is 6.24. The number of alkyl halides is 1. The van der Waals surface area contributed by atoms with Crippen molar-refractivity contribution < 1.29 is 14.4 Å². The van der Waals surface area contributed by atoms with Gasteiger partial charge < -0.3 is 15.1 Å². The molecule has 1 fully saturated rings. The van der Waals surface area contributed by atoms with Gasteiger partial charge >= 0.3 is 0 Å². The second kappa shape index (κ2) is 11.4. The highest BCUT2D eigenvalue weighted by molar-refractivity contribution is 7.96. The molecule has 2 heterocycles. The minimum Gasteiger partial charge on any atom is -0.352 e. The van der Waals surface area contributed by atoms with Crippen LogP contribution in [0.25, 0.3) is 0 Å². The van der Waals surface area contributed by atoms with Gasteiger partial charge in [-0.3, -0.25) is 14.4 Å². The van der Waals surface area contributed by atoms with E-state index in [1.165, 1.54) is 0 Å². The Morgan fingerprint density at radius 2 is 1.61 bits per heavy atom. The van der Waals surface area contributed by atoms with Crippen molar-refractivity contribution in [1.82, 2.24) is 15.1 Å². The van der Waals surface area contributed by atoms with Crippen molar-refractivity contribution >= 4 is 52.9 Å². The van der Waals surface area contributed by atoms with Gasteiger partial charge in [-0.2, -0.15) is 0 Å². The number of nitrogens with zero attached hydrogens (tertiary/aromatic N) is 2. The molecule has 0 radical (unpaired) electrons. The minimum absolute atomic E-state index is 0.00106. The SMILES string of the molecule is O=C(CCCl)NCc1ccccc1.O=C(S)N1CCN2C(=O)c3ccccc3C12c1ccc(Cl)cc1. The van der Waals surface area contributed by atoms with E-state index in [2.05, 4.69) is 17.9 Å². The molecule has 1 N–H and O–H groups in total. The first-order valence-corrected chi connectivity index (χ1v) is 12.8. The molecule has 1 atom stereocenters. The molecule has 36 heavy (non-hydrogen) atoms. The van der Waals surface area contributed by atoms with Gasteiger partial charge in [-0.15, -0.1) is 11.6 Å². The molecule has 0 bridgehead atoms. The van der Waals surface area contributed by atoms with Crippen molar-refractivity contribution in [3.63, 3.8) is 0 Å². The average Bonchev–Trinajstić information content (AvgIpc) is 3.40. The van der Waals surface area contributed by atoms with Crippen molar-refractivity contribution in [2.24, 2.45) is 0 Å². The van der Waals surface area contributed by atoms with E-state index in [4.69, 9.17) is 23.2 Å². The number of hydrogen-bond acceptors (Lipinski definition) is 3. The molecular weight excluding hydrogens is 517 g/mol. The molecule has 2 aliphatic rings. The number of thiol groups is 1. The first kappa shape index (κ1) is 26.1. The number of carbonyl (C=O) groups excluding carboxylic acids is 3. The van der Waals surface area contributed by atoms with Crippen LogP contribution in [0.1, 0.15) is 33.5 Å².